The lowest BCUT2D eigenvalue weighted by Gasteiger charge is -2.27. The summed E-state index contributed by atoms with van der Waals surface area (Å²) in [5, 5.41) is 0. The summed E-state index contributed by atoms with van der Waals surface area (Å²) in [7, 11) is 0. The zero-order valence-electron chi connectivity index (χ0n) is 11.4. The Morgan fingerprint density at radius 1 is 1.37 bits per heavy atom. The van der Waals surface area contributed by atoms with E-state index in [9.17, 15) is 8.78 Å². The Kier molecular flexibility index (Phi) is 4.88. The van der Waals surface area contributed by atoms with Gasteiger partial charge < -0.3 is 5.73 Å². The minimum Gasteiger partial charge on any atom is -0.329 e. The maximum atomic E-state index is 13.3. The summed E-state index contributed by atoms with van der Waals surface area (Å²) in [5.74, 6) is -0.880. The number of benzene rings is 1. The van der Waals surface area contributed by atoms with Crippen LogP contribution in [0.15, 0.2) is 18.2 Å². The van der Waals surface area contributed by atoms with Crippen LogP contribution in [-0.2, 0) is 0 Å². The zero-order chi connectivity index (χ0) is 13.8. The van der Waals surface area contributed by atoms with Crippen LogP contribution in [0.25, 0.3) is 0 Å². The summed E-state index contributed by atoms with van der Waals surface area (Å²) in [4.78, 5) is 2.30. The molecule has 2 unspecified atom stereocenters. The van der Waals surface area contributed by atoms with E-state index in [4.69, 9.17) is 5.73 Å². The number of hydrogen-bond acceptors (Lipinski definition) is 2. The van der Waals surface area contributed by atoms with Crippen LogP contribution in [0.3, 0.4) is 0 Å². The molecule has 1 aliphatic heterocycles. The van der Waals surface area contributed by atoms with Gasteiger partial charge in [-0.2, -0.15) is 0 Å². The summed E-state index contributed by atoms with van der Waals surface area (Å²) < 4.78 is 26.3. The normalized spacial score (nSPS) is 21.8. The van der Waals surface area contributed by atoms with Crippen LogP contribution >= 0.6 is 0 Å². The highest BCUT2D eigenvalue weighted by molar-refractivity contribution is 5.22. The minimum atomic E-state index is -0.801. The fraction of sp³-hybridized carbons (Fsp3) is 0.600. The van der Waals surface area contributed by atoms with E-state index in [1.54, 1.807) is 6.07 Å². The van der Waals surface area contributed by atoms with Gasteiger partial charge >= 0.3 is 0 Å². The molecule has 19 heavy (non-hydrogen) atoms. The average molecular weight is 268 g/mol. The molecule has 0 radical (unpaired) electrons. The Balaban J connectivity index is 2.09. The summed E-state index contributed by atoms with van der Waals surface area (Å²) in [6, 6.07) is 4.10. The van der Waals surface area contributed by atoms with Gasteiger partial charge in [0, 0.05) is 19.1 Å². The molecule has 2 N–H and O–H groups in total. The van der Waals surface area contributed by atoms with Gasteiger partial charge in [-0.15, -0.1) is 0 Å². The number of nitrogens with two attached hydrogens (primary N) is 1. The quantitative estimate of drug-likeness (QED) is 0.889. The molecule has 0 spiro atoms. The number of rotatable bonds is 5. The molecule has 1 aromatic rings. The van der Waals surface area contributed by atoms with Gasteiger partial charge in [0.25, 0.3) is 0 Å². The van der Waals surface area contributed by atoms with Gasteiger partial charge in [0.05, 0.1) is 0 Å². The van der Waals surface area contributed by atoms with Crippen molar-refractivity contribution >= 4 is 0 Å². The van der Waals surface area contributed by atoms with Crippen molar-refractivity contribution in [2.24, 2.45) is 11.7 Å². The Labute approximate surface area is 113 Å². The molecule has 0 bridgehead atoms. The smallest absolute Gasteiger partial charge is 0.159 e. The van der Waals surface area contributed by atoms with Crippen LogP contribution in [0.2, 0.25) is 0 Å². The minimum absolute atomic E-state index is 0.00282. The molecule has 1 aromatic carbocycles. The summed E-state index contributed by atoms with van der Waals surface area (Å²) >= 11 is 0. The largest absolute Gasteiger partial charge is 0.329 e. The Bertz CT molecular complexity index is 423. The molecule has 0 amide bonds. The van der Waals surface area contributed by atoms with Crippen LogP contribution in [0.4, 0.5) is 8.78 Å². The average Bonchev–Trinajstić information content (AvgIpc) is 2.83. The Morgan fingerprint density at radius 3 is 2.79 bits per heavy atom. The fourth-order valence-electron chi connectivity index (χ4n) is 3.01. The molecule has 1 saturated heterocycles. The van der Waals surface area contributed by atoms with Gasteiger partial charge in [-0.25, -0.2) is 8.78 Å². The topological polar surface area (TPSA) is 29.3 Å². The third-order valence-corrected chi connectivity index (χ3v) is 4.01. The molecule has 2 nitrogen and oxygen atoms in total. The third-order valence-electron chi connectivity index (χ3n) is 4.01. The number of hydrogen-bond donors (Lipinski definition) is 1. The zero-order valence-corrected chi connectivity index (χ0v) is 11.4. The van der Waals surface area contributed by atoms with Crippen LogP contribution in [0.5, 0.6) is 0 Å². The molecule has 2 atom stereocenters. The van der Waals surface area contributed by atoms with Gasteiger partial charge in [-0.05, 0) is 43.0 Å². The van der Waals surface area contributed by atoms with E-state index in [1.807, 2.05) is 0 Å². The highest BCUT2D eigenvalue weighted by atomic mass is 19.2. The van der Waals surface area contributed by atoms with E-state index in [-0.39, 0.29) is 6.04 Å². The SMILES string of the molecule is CCCC1CCN(C(CN)c2ccc(F)c(F)c2)C1. The maximum absolute atomic E-state index is 13.3. The van der Waals surface area contributed by atoms with E-state index < -0.39 is 11.6 Å². The van der Waals surface area contributed by atoms with Crippen molar-refractivity contribution < 1.29 is 8.78 Å². The molecule has 0 saturated carbocycles. The molecule has 1 heterocycles. The second kappa shape index (κ2) is 6.44. The highest BCUT2D eigenvalue weighted by Crippen LogP contribution is 2.29. The fourth-order valence-corrected chi connectivity index (χ4v) is 3.01. The first-order valence-corrected chi connectivity index (χ1v) is 7.04. The molecule has 1 fully saturated rings. The van der Waals surface area contributed by atoms with Crippen LogP contribution in [0, 0.1) is 17.6 Å². The van der Waals surface area contributed by atoms with Crippen molar-refractivity contribution in [1.29, 1.82) is 0 Å². The summed E-state index contributed by atoms with van der Waals surface area (Å²) in [5.41, 5.74) is 6.61. The molecule has 0 aliphatic carbocycles. The second-order valence-electron chi connectivity index (χ2n) is 5.36. The van der Waals surface area contributed by atoms with Gasteiger partial charge in [-0.3, -0.25) is 4.90 Å². The molecule has 2 rings (SSSR count). The molecule has 106 valence electrons. The third kappa shape index (κ3) is 3.31. The number of likely N-dealkylation sites (tertiary alicyclic amines) is 1. The predicted molar refractivity (Wildman–Crippen MR) is 72.7 cm³/mol. The van der Waals surface area contributed by atoms with Crippen molar-refractivity contribution in [3.05, 3.63) is 35.4 Å². The number of halogens is 2. The van der Waals surface area contributed by atoms with E-state index >= 15 is 0 Å². The summed E-state index contributed by atoms with van der Waals surface area (Å²) in [6.45, 7) is 4.63. The first-order valence-electron chi connectivity index (χ1n) is 7.04. The Morgan fingerprint density at radius 2 is 2.16 bits per heavy atom. The van der Waals surface area contributed by atoms with Crippen molar-refractivity contribution in [1.82, 2.24) is 4.90 Å². The van der Waals surface area contributed by atoms with Gasteiger partial charge in [-0.1, -0.05) is 19.4 Å². The maximum Gasteiger partial charge on any atom is 0.159 e. The van der Waals surface area contributed by atoms with E-state index in [1.165, 1.54) is 31.4 Å². The van der Waals surface area contributed by atoms with E-state index in [2.05, 4.69) is 11.8 Å². The lowest BCUT2D eigenvalue weighted by molar-refractivity contribution is 0.239. The molecule has 1 aliphatic rings. The molecular weight excluding hydrogens is 246 g/mol. The van der Waals surface area contributed by atoms with Crippen LogP contribution in [0.1, 0.15) is 37.8 Å². The van der Waals surface area contributed by atoms with E-state index in [0.717, 1.165) is 18.7 Å². The standard InChI is InChI=1S/C15H22F2N2/c1-2-3-11-6-7-19(10-11)15(9-18)12-4-5-13(16)14(17)8-12/h4-5,8,11,15H,2-3,6-7,9-10,18H2,1H3. The number of nitrogens with zero attached hydrogens (tertiary/aromatic N) is 1. The monoisotopic (exact) mass is 268 g/mol. The predicted octanol–water partition coefficient (Wildman–Crippen LogP) is 3.09. The van der Waals surface area contributed by atoms with Crippen molar-refractivity contribution in [2.45, 2.75) is 32.2 Å². The molecular formula is C15H22F2N2. The highest BCUT2D eigenvalue weighted by Gasteiger charge is 2.28. The van der Waals surface area contributed by atoms with Crippen molar-refractivity contribution in [3.8, 4) is 0 Å². The van der Waals surface area contributed by atoms with Gasteiger partial charge in [0.1, 0.15) is 0 Å². The van der Waals surface area contributed by atoms with Gasteiger partial charge in [0.2, 0.25) is 0 Å². The first-order chi connectivity index (χ1) is 9.15. The Hall–Kier alpha value is -1.00. The molecule has 0 aromatic heterocycles. The lowest BCUT2D eigenvalue weighted by Crippen LogP contribution is -2.32. The lowest BCUT2D eigenvalue weighted by atomic mass is 10.0. The van der Waals surface area contributed by atoms with E-state index in [0.29, 0.717) is 12.5 Å². The summed E-state index contributed by atoms with van der Waals surface area (Å²) in [6.07, 6.45) is 3.59. The molecule has 4 heteroatoms. The van der Waals surface area contributed by atoms with Gasteiger partial charge in [0.15, 0.2) is 11.6 Å². The second-order valence-corrected chi connectivity index (χ2v) is 5.36. The van der Waals surface area contributed by atoms with Crippen LogP contribution in [-0.4, -0.2) is 24.5 Å². The first kappa shape index (κ1) is 14.4. The van der Waals surface area contributed by atoms with Crippen molar-refractivity contribution in [3.63, 3.8) is 0 Å². The van der Waals surface area contributed by atoms with Crippen LogP contribution < -0.4 is 5.73 Å². The van der Waals surface area contributed by atoms with Crippen molar-refractivity contribution in [2.75, 3.05) is 19.6 Å².